The lowest BCUT2D eigenvalue weighted by molar-refractivity contribution is -0.116. The van der Waals surface area contributed by atoms with E-state index >= 15 is 0 Å². The summed E-state index contributed by atoms with van der Waals surface area (Å²) in [4.78, 5) is 25.6. The number of amides is 3. The van der Waals surface area contributed by atoms with Crippen LogP contribution in [0.15, 0.2) is 24.3 Å². The lowest BCUT2D eigenvalue weighted by Gasteiger charge is -2.29. The maximum atomic E-state index is 12.3. The van der Waals surface area contributed by atoms with Crippen LogP contribution in [0, 0.1) is 17.2 Å². The largest absolute Gasteiger partial charge is 0.326 e. The van der Waals surface area contributed by atoms with E-state index in [1.54, 1.807) is 29.2 Å². The van der Waals surface area contributed by atoms with Gasteiger partial charge in [-0.1, -0.05) is 13.0 Å². The van der Waals surface area contributed by atoms with E-state index < -0.39 is 0 Å². The van der Waals surface area contributed by atoms with Gasteiger partial charge in [0, 0.05) is 30.9 Å². The number of nitrogens with one attached hydrogen (secondary N) is 2. The van der Waals surface area contributed by atoms with Gasteiger partial charge in [-0.15, -0.1) is 0 Å². The summed E-state index contributed by atoms with van der Waals surface area (Å²) in [6.45, 7) is 3.08. The highest BCUT2D eigenvalue weighted by atomic mass is 16.2. The summed E-state index contributed by atoms with van der Waals surface area (Å²) in [5.41, 5.74) is 1.29. The highest BCUT2D eigenvalue weighted by Gasteiger charge is 2.23. The fourth-order valence-corrected chi connectivity index (χ4v) is 2.59. The Labute approximate surface area is 136 Å². The molecule has 0 spiro atoms. The van der Waals surface area contributed by atoms with Crippen LogP contribution >= 0.6 is 0 Å². The van der Waals surface area contributed by atoms with Crippen LogP contribution in [0.5, 0.6) is 0 Å². The molecule has 0 aliphatic carbocycles. The van der Waals surface area contributed by atoms with E-state index in [-0.39, 0.29) is 17.9 Å². The van der Waals surface area contributed by atoms with Gasteiger partial charge in [0.1, 0.15) is 0 Å². The molecule has 1 aliphatic rings. The average Bonchev–Trinajstić information content (AvgIpc) is 2.55. The minimum Gasteiger partial charge on any atom is -0.326 e. The molecule has 6 heteroatoms. The van der Waals surface area contributed by atoms with Gasteiger partial charge in [0.15, 0.2) is 0 Å². The van der Waals surface area contributed by atoms with Gasteiger partial charge in [0.25, 0.3) is 0 Å². The van der Waals surface area contributed by atoms with Crippen molar-refractivity contribution in [2.24, 2.45) is 5.92 Å². The second-order valence-corrected chi connectivity index (χ2v) is 5.72. The highest BCUT2D eigenvalue weighted by Crippen LogP contribution is 2.19. The first-order valence-corrected chi connectivity index (χ1v) is 7.98. The van der Waals surface area contributed by atoms with Crippen LogP contribution in [0.2, 0.25) is 0 Å². The Bertz CT molecular complexity index is 609. The Morgan fingerprint density at radius 3 is 2.78 bits per heavy atom. The van der Waals surface area contributed by atoms with E-state index in [0.717, 1.165) is 19.3 Å². The molecule has 0 saturated carbocycles. The molecule has 122 valence electrons. The SMILES string of the molecule is CCCC(=O)Nc1cccc(NC(=O)N2CCC[C@@H](C#N)C2)c1. The molecule has 0 radical (unpaired) electrons. The van der Waals surface area contributed by atoms with Crippen molar-refractivity contribution in [3.63, 3.8) is 0 Å². The molecule has 23 heavy (non-hydrogen) atoms. The van der Waals surface area contributed by atoms with Gasteiger partial charge in [-0.2, -0.15) is 5.26 Å². The van der Waals surface area contributed by atoms with Crippen LogP contribution in [0.25, 0.3) is 0 Å². The molecule has 3 amide bonds. The van der Waals surface area contributed by atoms with E-state index in [0.29, 0.717) is 30.9 Å². The van der Waals surface area contributed by atoms with Crippen LogP contribution in [-0.4, -0.2) is 29.9 Å². The molecule has 6 nitrogen and oxygen atoms in total. The van der Waals surface area contributed by atoms with Gasteiger partial charge in [0.05, 0.1) is 12.0 Å². The molecule has 0 bridgehead atoms. The molecule has 1 saturated heterocycles. The quantitative estimate of drug-likeness (QED) is 0.895. The molecule has 1 heterocycles. The summed E-state index contributed by atoms with van der Waals surface area (Å²) >= 11 is 0. The smallest absolute Gasteiger partial charge is 0.321 e. The monoisotopic (exact) mass is 314 g/mol. The number of carbonyl (C=O) groups excluding carboxylic acids is 2. The zero-order chi connectivity index (χ0) is 16.7. The van der Waals surface area contributed by atoms with Gasteiger partial charge in [-0.3, -0.25) is 4.79 Å². The third kappa shape index (κ3) is 4.99. The number of urea groups is 1. The zero-order valence-corrected chi connectivity index (χ0v) is 13.3. The highest BCUT2D eigenvalue weighted by molar-refractivity contribution is 5.93. The number of rotatable bonds is 4. The molecule has 1 atom stereocenters. The molecule has 0 unspecified atom stereocenters. The molecule has 0 aromatic heterocycles. The van der Waals surface area contributed by atoms with Gasteiger partial charge < -0.3 is 15.5 Å². The van der Waals surface area contributed by atoms with Gasteiger partial charge in [0.2, 0.25) is 5.91 Å². The number of nitriles is 1. The standard InChI is InChI=1S/C17H22N4O2/c1-2-5-16(22)19-14-7-3-8-15(10-14)20-17(23)21-9-4-6-13(11-18)12-21/h3,7-8,10,13H,2,4-6,9,12H2,1H3,(H,19,22)(H,20,23)/t13-/m0/s1. The molecule has 1 aliphatic heterocycles. The van der Waals surface area contributed by atoms with Crippen molar-refractivity contribution in [2.45, 2.75) is 32.6 Å². The fourth-order valence-electron chi connectivity index (χ4n) is 2.59. The summed E-state index contributed by atoms with van der Waals surface area (Å²) < 4.78 is 0. The summed E-state index contributed by atoms with van der Waals surface area (Å²) in [7, 11) is 0. The predicted molar refractivity (Wildman–Crippen MR) is 88.9 cm³/mol. The summed E-state index contributed by atoms with van der Waals surface area (Å²) in [6, 6.07) is 9.10. The summed E-state index contributed by atoms with van der Waals surface area (Å²) in [5.74, 6) is -0.127. The molecule has 1 aromatic rings. The van der Waals surface area contributed by atoms with E-state index in [2.05, 4.69) is 16.7 Å². The van der Waals surface area contributed by atoms with Crippen molar-refractivity contribution in [1.29, 1.82) is 5.26 Å². The van der Waals surface area contributed by atoms with E-state index in [4.69, 9.17) is 5.26 Å². The van der Waals surface area contributed by atoms with Crippen LogP contribution in [0.4, 0.5) is 16.2 Å². The van der Waals surface area contributed by atoms with Crippen molar-refractivity contribution in [3.8, 4) is 6.07 Å². The number of piperidine rings is 1. The van der Waals surface area contributed by atoms with E-state index in [9.17, 15) is 9.59 Å². The number of carbonyl (C=O) groups is 2. The van der Waals surface area contributed by atoms with Crippen molar-refractivity contribution in [1.82, 2.24) is 4.90 Å². The van der Waals surface area contributed by atoms with Crippen LogP contribution in [0.3, 0.4) is 0 Å². The average molecular weight is 314 g/mol. The van der Waals surface area contributed by atoms with E-state index in [1.165, 1.54) is 0 Å². The number of likely N-dealkylation sites (tertiary alicyclic amines) is 1. The van der Waals surface area contributed by atoms with Gasteiger partial charge in [-0.25, -0.2) is 4.79 Å². The summed E-state index contributed by atoms with van der Waals surface area (Å²) in [5, 5.41) is 14.6. The maximum absolute atomic E-state index is 12.3. The molecule has 1 fully saturated rings. The Balaban J connectivity index is 1.95. The Morgan fingerprint density at radius 1 is 1.35 bits per heavy atom. The first-order chi connectivity index (χ1) is 11.1. The Hall–Kier alpha value is -2.55. The molecule has 2 rings (SSSR count). The number of hydrogen-bond acceptors (Lipinski definition) is 3. The minimum atomic E-state index is -0.206. The summed E-state index contributed by atoms with van der Waals surface area (Å²) in [6.07, 6.45) is 2.95. The van der Waals surface area contributed by atoms with E-state index in [1.807, 2.05) is 6.92 Å². The third-order valence-electron chi connectivity index (χ3n) is 3.77. The number of hydrogen-bond donors (Lipinski definition) is 2. The number of nitrogens with zero attached hydrogens (tertiary/aromatic N) is 2. The van der Waals surface area contributed by atoms with Crippen LogP contribution < -0.4 is 10.6 Å². The molecular weight excluding hydrogens is 292 g/mol. The third-order valence-corrected chi connectivity index (χ3v) is 3.77. The second kappa shape index (κ2) is 8.18. The Morgan fingerprint density at radius 2 is 2.09 bits per heavy atom. The first kappa shape index (κ1) is 16.8. The first-order valence-electron chi connectivity index (χ1n) is 7.98. The second-order valence-electron chi connectivity index (χ2n) is 5.72. The van der Waals surface area contributed by atoms with Crippen molar-refractivity contribution in [3.05, 3.63) is 24.3 Å². The van der Waals surface area contributed by atoms with Crippen molar-refractivity contribution < 1.29 is 9.59 Å². The predicted octanol–water partition coefficient (Wildman–Crippen LogP) is 3.19. The van der Waals surface area contributed by atoms with Gasteiger partial charge in [-0.05, 0) is 37.5 Å². The minimum absolute atomic E-state index is 0.0381. The number of anilines is 2. The van der Waals surface area contributed by atoms with Crippen LogP contribution in [0.1, 0.15) is 32.6 Å². The molecule has 2 N–H and O–H groups in total. The lowest BCUT2D eigenvalue weighted by Crippen LogP contribution is -2.42. The van der Waals surface area contributed by atoms with Gasteiger partial charge >= 0.3 is 6.03 Å². The topological polar surface area (TPSA) is 85.2 Å². The fraction of sp³-hybridized carbons (Fsp3) is 0.471. The number of benzene rings is 1. The zero-order valence-electron chi connectivity index (χ0n) is 13.3. The van der Waals surface area contributed by atoms with Crippen molar-refractivity contribution >= 4 is 23.3 Å². The van der Waals surface area contributed by atoms with Crippen LogP contribution in [-0.2, 0) is 4.79 Å². The maximum Gasteiger partial charge on any atom is 0.321 e. The molecular formula is C17H22N4O2. The molecule has 1 aromatic carbocycles. The van der Waals surface area contributed by atoms with Crippen molar-refractivity contribution in [2.75, 3.05) is 23.7 Å². The normalized spacial score (nSPS) is 17.2. The Kier molecular flexibility index (Phi) is 5.98. The lowest BCUT2D eigenvalue weighted by atomic mass is 10.0.